The van der Waals surface area contributed by atoms with Gasteiger partial charge in [0.15, 0.2) is 6.39 Å². The number of halogens is 1. The smallest absolute Gasteiger partial charge is 0.251 e. The summed E-state index contributed by atoms with van der Waals surface area (Å²) in [5, 5.41) is 12.7. The lowest BCUT2D eigenvalue weighted by atomic mass is 10.2. The van der Waals surface area contributed by atoms with E-state index in [1.54, 1.807) is 13.3 Å². The van der Waals surface area contributed by atoms with Crippen LogP contribution in [0.3, 0.4) is 0 Å². The fourth-order valence-electron chi connectivity index (χ4n) is 1.37. The molecule has 0 aliphatic carbocycles. The molecule has 0 bridgehead atoms. The number of benzene rings is 1. The number of rotatable bonds is 4. The van der Waals surface area contributed by atoms with Crippen molar-refractivity contribution in [2.24, 2.45) is 5.10 Å². The van der Waals surface area contributed by atoms with Crippen LogP contribution in [0.5, 0.6) is 5.75 Å². The number of hydrogen-bond acceptors (Lipinski definition) is 6. The first-order valence-electron chi connectivity index (χ1n) is 5.21. The van der Waals surface area contributed by atoms with E-state index in [2.05, 4.69) is 31.4 Å². The van der Waals surface area contributed by atoms with Gasteiger partial charge in [-0.15, -0.1) is 0 Å². The number of aromatic nitrogens is 1. The third kappa shape index (κ3) is 3.11. The van der Waals surface area contributed by atoms with E-state index in [9.17, 15) is 0 Å². The second-order valence-corrected chi connectivity index (χ2v) is 4.31. The fraction of sp³-hybridized carbons (Fsp3) is 0.0833. The molecular weight excluding hydrogens is 312 g/mol. The Morgan fingerprint density at radius 3 is 3.16 bits per heavy atom. The first-order chi connectivity index (χ1) is 9.24. The van der Waals surface area contributed by atoms with Gasteiger partial charge in [-0.05, 0) is 18.2 Å². The average Bonchev–Trinajstić information content (AvgIpc) is 2.86. The molecule has 19 heavy (non-hydrogen) atoms. The molecule has 6 nitrogen and oxygen atoms in total. The predicted octanol–water partition coefficient (Wildman–Crippen LogP) is 2.76. The summed E-state index contributed by atoms with van der Waals surface area (Å²) in [6, 6.07) is 7.43. The van der Waals surface area contributed by atoms with E-state index in [0.717, 1.165) is 10.0 Å². The van der Waals surface area contributed by atoms with E-state index < -0.39 is 0 Å². The third-order valence-electron chi connectivity index (χ3n) is 2.23. The zero-order chi connectivity index (χ0) is 13.7. The summed E-state index contributed by atoms with van der Waals surface area (Å²) >= 11 is 3.37. The summed E-state index contributed by atoms with van der Waals surface area (Å²) in [6.45, 7) is 0. The second-order valence-electron chi connectivity index (χ2n) is 3.40. The Kier molecular flexibility index (Phi) is 4.15. The summed E-state index contributed by atoms with van der Waals surface area (Å²) in [4.78, 5) is 3.71. The molecule has 0 aliphatic rings. The average molecular weight is 321 g/mol. The van der Waals surface area contributed by atoms with Gasteiger partial charge in [-0.25, -0.2) is 10.4 Å². The minimum absolute atomic E-state index is 0.151. The first kappa shape index (κ1) is 13.1. The first-order valence-corrected chi connectivity index (χ1v) is 6.00. The lowest BCUT2D eigenvalue weighted by molar-refractivity contribution is 0.414. The van der Waals surface area contributed by atoms with Gasteiger partial charge in [0.1, 0.15) is 11.8 Å². The summed E-state index contributed by atoms with van der Waals surface area (Å²) < 4.78 is 11.1. The van der Waals surface area contributed by atoms with Gasteiger partial charge in [0, 0.05) is 10.0 Å². The number of methoxy groups -OCH3 is 1. The molecule has 0 aliphatic heterocycles. The zero-order valence-electron chi connectivity index (χ0n) is 9.92. The zero-order valence-corrected chi connectivity index (χ0v) is 11.5. The monoisotopic (exact) mass is 320 g/mol. The lowest BCUT2D eigenvalue weighted by Crippen LogP contribution is -1.94. The van der Waals surface area contributed by atoms with Crippen LogP contribution in [0.2, 0.25) is 0 Å². The van der Waals surface area contributed by atoms with E-state index in [4.69, 9.17) is 14.4 Å². The van der Waals surface area contributed by atoms with E-state index in [-0.39, 0.29) is 11.6 Å². The van der Waals surface area contributed by atoms with Crippen LogP contribution < -0.4 is 10.2 Å². The second kappa shape index (κ2) is 6.02. The Labute approximate surface area is 117 Å². The molecule has 0 amide bonds. The molecule has 0 saturated carbocycles. The van der Waals surface area contributed by atoms with Crippen molar-refractivity contribution in [2.75, 3.05) is 12.5 Å². The molecule has 0 spiro atoms. The third-order valence-corrected chi connectivity index (χ3v) is 2.73. The highest BCUT2D eigenvalue weighted by Crippen LogP contribution is 2.21. The topological polar surface area (TPSA) is 83.4 Å². The van der Waals surface area contributed by atoms with Crippen LogP contribution in [0.25, 0.3) is 0 Å². The van der Waals surface area contributed by atoms with E-state index in [1.807, 2.05) is 24.3 Å². The van der Waals surface area contributed by atoms with Crippen LogP contribution in [-0.4, -0.2) is 18.3 Å². The van der Waals surface area contributed by atoms with Gasteiger partial charge in [-0.3, -0.25) is 0 Å². The number of oxazole rings is 1. The highest BCUT2D eigenvalue weighted by atomic mass is 79.9. The maximum absolute atomic E-state index is 8.75. The number of hydrogen-bond donors (Lipinski definition) is 1. The van der Waals surface area contributed by atoms with Crippen molar-refractivity contribution in [3.8, 4) is 11.8 Å². The Hall–Kier alpha value is -2.33. The van der Waals surface area contributed by atoms with Crippen molar-refractivity contribution in [1.82, 2.24) is 4.98 Å². The quantitative estimate of drug-likeness (QED) is 0.691. The maximum atomic E-state index is 8.75. The minimum Gasteiger partial charge on any atom is -0.496 e. The Balaban J connectivity index is 2.15. The summed E-state index contributed by atoms with van der Waals surface area (Å²) in [5.74, 6) is 0.888. The van der Waals surface area contributed by atoms with Gasteiger partial charge in [0.05, 0.1) is 13.3 Å². The van der Waals surface area contributed by atoms with Crippen molar-refractivity contribution >= 4 is 28.0 Å². The largest absolute Gasteiger partial charge is 0.496 e. The highest BCUT2D eigenvalue weighted by Gasteiger charge is 2.05. The molecule has 0 unspecified atom stereocenters. The normalized spacial score (nSPS) is 10.4. The highest BCUT2D eigenvalue weighted by molar-refractivity contribution is 9.10. The predicted molar refractivity (Wildman–Crippen MR) is 73.1 cm³/mol. The van der Waals surface area contributed by atoms with E-state index in [0.29, 0.717) is 5.75 Å². The Morgan fingerprint density at radius 2 is 2.42 bits per heavy atom. The van der Waals surface area contributed by atoms with Crippen molar-refractivity contribution < 1.29 is 9.15 Å². The Morgan fingerprint density at radius 1 is 1.58 bits per heavy atom. The summed E-state index contributed by atoms with van der Waals surface area (Å²) in [5.41, 5.74) is 3.54. The molecule has 0 radical (unpaired) electrons. The SMILES string of the molecule is COc1ccc(Br)cc1/C=N\Nc1ocnc1C#N. The molecule has 0 atom stereocenters. The standard InChI is InChI=1S/C12H9BrN4O2/c1-18-11-3-2-9(13)4-8(11)6-16-17-12-10(5-14)15-7-19-12/h2-4,6-7,17H,1H3/b16-6-. The van der Waals surface area contributed by atoms with Crippen LogP contribution in [0.15, 0.2) is 38.6 Å². The number of hydrazone groups is 1. The van der Waals surface area contributed by atoms with Gasteiger partial charge < -0.3 is 9.15 Å². The van der Waals surface area contributed by atoms with Gasteiger partial charge in [-0.1, -0.05) is 15.9 Å². The molecule has 0 saturated heterocycles. The van der Waals surface area contributed by atoms with Crippen molar-refractivity contribution in [1.29, 1.82) is 5.26 Å². The molecular formula is C12H9BrN4O2. The van der Waals surface area contributed by atoms with Gasteiger partial charge in [-0.2, -0.15) is 10.4 Å². The van der Waals surface area contributed by atoms with E-state index in [1.165, 1.54) is 6.39 Å². The number of anilines is 1. The Bertz CT molecular complexity index is 645. The van der Waals surface area contributed by atoms with Crippen LogP contribution in [0.4, 0.5) is 5.88 Å². The number of nitrogens with zero attached hydrogens (tertiary/aromatic N) is 3. The van der Waals surface area contributed by atoms with Crippen molar-refractivity contribution in [3.63, 3.8) is 0 Å². The molecule has 7 heteroatoms. The fourth-order valence-corrected chi connectivity index (χ4v) is 1.75. The van der Waals surface area contributed by atoms with Gasteiger partial charge in [0.2, 0.25) is 5.69 Å². The molecule has 1 heterocycles. The molecule has 2 aromatic rings. The van der Waals surface area contributed by atoms with E-state index >= 15 is 0 Å². The molecule has 0 fully saturated rings. The minimum atomic E-state index is 0.151. The molecule has 2 rings (SSSR count). The van der Waals surface area contributed by atoms with Gasteiger partial charge in [0.25, 0.3) is 5.88 Å². The number of nitriles is 1. The molecule has 1 aromatic heterocycles. The van der Waals surface area contributed by atoms with Crippen molar-refractivity contribution in [3.05, 3.63) is 40.3 Å². The lowest BCUT2D eigenvalue weighted by Gasteiger charge is -2.04. The molecule has 96 valence electrons. The van der Waals surface area contributed by atoms with Crippen LogP contribution in [-0.2, 0) is 0 Å². The summed E-state index contributed by atoms with van der Waals surface area (Å²) in [7, 11) is 1.58. The van der Waals surface area contributed by atoms with Crippen LogP contribution >= 0.6 is 15.9 Å². The van der Waals surface area contributed by atoms with Crippen LogP contribution in [0.1, 0.15) is 11.3 Å². The van der Waals surface area contributed by atoms with Crippen LogP contribution in [0, 0.1) is 11.3 Å². The van der Waals surface area contributed by atoms with Gasteiger partial charge >= 0.3 is 0 Å². The molecule has 1 aromatic carbocycles. The maximum Gasteiger partial charge on any atom is 0.251 e. The van der Waals surface area contributed by atoms with Crippen molar-refractivity contribution in [2.45, 2.75) is 0 Å². The number of nitrogens with one attached hydrogen (secondary N) is 1. The molecule has 1 N–H and O–H groups in total. The summed E-state index contributed by atoms with van der Waals surface area (Å²) in [6.07, 6.45) is 2.74. The number of ether oxygens (including phenoxy) is 1.